The maximum absolute atomic E-state index is 14.2. The predicted octanol–water partition coefficient (Wildman–Crippen LogP) is 1.40. The molecule has 1 N–H and O–H groups in total. The van der Waals surface area contributed by atoms with Gasteiger partial charge < -0.3 is 15.0 Å². The Morgan fingerprint density at radius 2 is 2.11 bits per heavy atom. The van der Waals surface area contributed by atoms with Gasteiger partial charge in [-0.3, -0.25) is 14.6 Å². The smallest absolute Gasteiger partial charge is 0.274 e. The number of nitrogens with zero attached hydrogens (tertiary/aromatic N) is 3. The number of hydrogen-bond donors (Lipinski definition) is 1. The Balaban J connectivity index is 1.62. The summed E-state index contributed by atoms with van der Waals surface area (Å²) in [5.74, 6) is -0.0148. The van der Waals surface area contributed by atoms with E-state index in [-0.39, 0.29) is 37.5 Å². The highest BCUT2D eigenvalue weighted by Crippen LogP contribution is 2.19. The van der Waals surface area contributed by atoms with Crippen LogP contribution in [0.2, 0.25) is 0 Å². The number of ether oxygens (including phenoxy) is 1. The van der Waals surface area contributed by atoms with Crippen LogP contribution < -0.4 is 10.1 Å². The Bertz CT molecular complexity index is 803. The van der Waals surface area contributed by atoms with E-state index >= 15 is 0 Å². The lowest BCUT2D eigenvalue weighted by molar-refractivity contribution is -0.121. The molecule has 1 aromatic heterocycles. The number of aromatic nitrogens is 2. The minimum atomic E-state index is -1.21. The fourth-order valence-corrected chi connectivity index (χ4v) is 3.18. The second-order valence-corrected chi connectivity index (χ2v) is 6.39. The second-order valence-electron chi connectivity index (χ2n) is 6.39. The van der Waals surface area contributed by atoms with Crippen LogP contribution in [0.5, 0.6) is 5.75 Å². The number of rotatable bonds is 5. The fraction of sp³-hybridized carbons (Fsp3) is 0.368. The number of piperidine rings is 1. The van der Waals surface area contributed by atoms with E-state index in [0.717, 1.165) is 5.56 Å². The van der Waals surface area contributed by atoms with Crippen LogP contribution in [0.3, 0.4) is 0 Å². The van der Waals surface area contributed by atoms with Crippen molar-refractivity contribution in [2.75, 3.05) is 20.2 Å². The van der Waals surface area contributed by atoms with Crippen molar-refractivity contribution in [3.63, 3.8) is 0 Å². The Hall–Kier alpha value is -3.03. The molecule has 0 bridgehead atoms. The number of hydrogen-bond acceptors (Lipinski definition) is 5. The minimum absolute atomic E-state index is 0.0196. The van der Waals surface area contributed by atoms with E-state index in [1.165, 1.54) is 23.5 Å². The van der Waals surface area contributed by atoms with Crippen LogP contribution in [0.15, 0.2) is 42.9 Å². The number of benzene rings is 1. The van der Waals surface area contributed by atoms with Crippen molar-refractivity contribution in [3.8, 4) is 5.75 Å². The van der Waals surface area contributed by atoms with Gasteiger partial charge in [-0.2, -0.15) is 0 Å². The summed E-state index contributed by atoms with van der Waals surface area (Å²) in [5.41, 5.74) is 0.906. The first-order valence-electron chi connectivity index (χ1n) is 8.67. The molecule has 0 spiro atoms. The SMILES string of the molecule is COc1ccccc1CC(=O)N[C@H]1C[C@@H](F)CN(C(=O)c2cnccn2)C1. The van der Waals surface area contributed by atoms with Crippen molar-refractivity contribution in [1.29, 1.82) is 0 Å². The molecule has 2 aromatic rings. The molecular weight excluding hydrogens is 351 g/mol. The van der Waals surface area contributed by atoms with E-state index in [2.05, 4.69) is 15.3 Å². The molecule has 7 nitrogen and oxygen atoms in total. The van der Waals surface area contributed by atoms with Gasteiger partial charge in [-0.25, -0.2) is 9.37 Å². The summed E-state index contributed by atoms with van der Waals surface area (Å²) >= 11 is 0. The van der Waals surface area contributed by atoms with Gasteiger partial charge >= 0.3 is 0 Å². The monoisotopic (exact) mass is 372 g/mol. The summed E-state index contributed by atoms with van der Waals surface area (Å²) in [6.07, 6.45) is 3.30. The lowest BCUT2D eigenvalue weighted by atomic mass is 10.0. The molecule has 1 saturated heterocycles. The largest absolute Gasteiger partial charge is 0.496 e. The average Bonchev–Trinajstić information content (AvgIpc) is 2.68. The topological polar surface area (TPSA) is 84.4 Å². The third-order valence-electron chi connectivity index (χ3n) is 4.38. The van der Waals surface area contributed by atoms with Crippen LogP contribution >= 0.6 is 0 Å². The number of methoxy groups -OCH3 is 1. The van der Waals surface area contributed by atoms with Crippen molar-refractivity contribution < 1.29 is 18.7 Å². The number of alkyl halides is 1. The van der Waals surface area contributed by atoms with Crippen LogP contribution in [0.25, 0.3) is 0 Å². The predicted molar refractivity (Wildman–Crippen MR) is 96.1 cm³/mol. The molecule has 1 fully saturated rings. The van der Waals surface area contributed by atoms with E-state index in [4.69, 9.17) is 4.74 Å². The van der Waals surface area contributed by atoms with Gasteiger partial charge in [-0.1, -0.05) is 18.2 Å². The van der Waals surface area contributed by atoms with Gasteiger partial charge in [0.05, 0.1) is 26.3 Å². The summed E-state index contributed by atoms with van der Waals surface area (Å²) in [6, 6.07) is 6.77. The molecule has 142 valence electrons. The maximum Gasteiger partial charge on any atom is 0.274 e. The maximum atomic E-state index is 14.2. The van der Waals surface area contributed by atoms with E-state index in [1.807, 2.05) is 12.1 Å². The van der Waals surface area contributed by atoms with Gasteiger partial charge in [0, 0.05) is 37.0 Å². The van der Waals surface area contributed by atoms with Crippen LogP contribution in [0.1, 0.15) is 22.5 Å². The summed E-state index contributed by atoms with van der Waals surface area (Å²) in [7, 11) is 1.54. The highest BCUT2D eigenvalue weighted by Gasteiger charge is 2.32. The first-order chi connectivity index (χ1) is 13.1. The van der Waals surface area contributed by atoms with Gasteiger partial charge in [-0.15, -0.1) is 0 Å². The quantitative estimate of drug-likeness (QED) is 0.858. The Labute approximate surface area is 156 Å². The molecular formula is C19H21FN4O3. The molecule has 1 aliphatic heterocycles. The molecule has 2 atom stereocenters. The van der Waals surface area contributed by atoms with Crippen molar-refractivity contribution in [3.05, 3.63) is 54.1 Å². The molecule has 0 aliphatic carbocycles. The van der Waals surface area contributed by atoms with Crippen molar-refractivity contribution >= 4 is 11.8 Å². The number of likely N-dealkylation sites (tertiary alicyclic amines) is 1. The Morgan fingerprint density at radius 3 is 2.85 bits per heavy atom. The number of carbonyl (C=O) groups excluding carboxylic acids is 2. The lowest BCUT2D eigenvalue weighted by Gasteiger charge is -2.34. The number of nitrogens with one attached hydrogen (secondary N) is 1. The lowest BCUT2D eigenvalue weighted by Crippen LogP contribution is -2.53. The highest BCUT2D eigenvalue weighted by atomic mass is 19.1. The molecule has 2 heterocycles. The third-order valence-corrected chi connectivity index (χ3v) is 4.38. The second kappa shape index (κ2) is 8.57. The van der Waals surface area contributed by atoms with E-state index in [0.29, 0.717) is 5.75 Å². The van der Waals surface area contributed by atoms with Crippen molar-refractivity contribution in [2.24, 2.45) is 0 Å². The fourth-order valence-electron chi connectivity index (χ4n) is 3.18. The minimum Gasteiger partial charge on any atom is -0.496 e. The molecule has 1 aliphatic rings. The standard InChI is InChI=1S/C19H21FN4O3/c1-27-17-5-3-2-4-13(17)8-18(25)23-15-9-14(20)11-24(12-15)19(26)16-10-21-6-7-22-16/h2-7,10,14-15H,8-9,11-12H2,1H3,(H,23,25)/t14-,15+/m1/s1. The van der Waals surface area contributed by atoms with Crippen LogP contribution in [0.4, 0.5) is 4.39 Å². The van der Waals surface area contributed by atoms with E-state index < -0.39 is 18.1 Å². The highest BCUT2D eigenvalue weighted by molar-refractivity contribution is 5.92. The van der Waals surface area contributed by atoms with Crippen molar-refractivity contribution in [2.45, 2.75) is 25.1 Å². The molecule has 1 aromatic carbocycles. The molecule has 8 heteroatoms. The number of halogens is 1. The number of para-hydroxylation sites is 1. The summed E-state index contributed by atoms with van der Waals surface area (Å²) in [4.78, 5) is 34.1. The molecule has 0 radical (unpaired) electrons. The first-order valence-corrected chi connectivity index (χ1v) is 8.67. The zero-order valence-corrected chi connectivity index (χ0v) is 15.0. The summed E-state index contributed by atoms with van der Waals surface area (Å²) < 4.78 is 19.4. The Kier molecular flexibility index (Phi) is 5.95. The molecule has 3 rings (SSSR count). The van der Waals surface area contributed by atoms with E-state index in [1.54, 1.807) is 19.2 Å². The van der Waals surface area contributed by atoms with Gasteiger partial charge in [0.2, 0.25) is 5.91 Å². The molecule has 2 amide bonds. The molecule has 27 heavy (non-hydrogen) atoms. The van der Waals surface area contributed by atoms with Gasteiger partial charge in [0.1, 0.15) is 17.6 Å². The zero-order chi connectivity index (χ0) is 19.2. The third kappa shape index (κ3) is 4.78. The van der Waals surface area contributed by atoms with Gasteiger partial charge in [0.15, 0.2) is 0 Å². The summed E-state index contributed by atoms with van der Waals surface area (Å²) in [6.45, 7) is 0.210. The number of amides is 2. The molecule has 0 saturated carbocycles. The first kappa shape index (κ1) is 18.8. The van der Waals surface area contributed by atoms with Crippen LogP contribution in [0, 0.1) is 0 Å². The van der Waals surface area contributed by atoms with Crippen LogP contribution in [-0.4, -0.2) is 59.1 Å². The van der Waals surface area contributed by atoms with E-state index in [9.17, 15) is 14.0 Å². The van der Waals surface area contributed by atoms with Crippen molar-refractivity contribution in [1.82, 2.24) is 20.2 Å². The van der Waals surface area contributed by atoms with Crippen LogP contribution in [-0.2, 0) is 11.2 Å². The summed E-state index contributed by atoms with van der Waals surface area (Å²) in [5, 5.41) is 2.82. The molecule has 0 unspecified atom stereocenters. The number of carbonyl (C=O) groups is 2. The zero-order valence-electron chi connectivity index (χ0n) is 15.0. The van der Waals surface area contributed by atoms with Gasteiger partial charge in [-0.05, 0) is 6.07 Å². The average molecular weight is 372 g/mol. The normalized spacial score (nSPS) is 19.4. The Morgan fingerprint density at radius 1 is 1.30 bits per heavy atom. The van der Waals surface area contributed by atoms with Gasteiger partial charge in [0.25, 0.3) is 5.91 Å².